The molecule has 2 heterocycles. The Hall–Kier alpha value is -3.80. The summed E-state index contributed by atoms with van der Waals surface area (Å²) in [6.45, 7) is 2.01. The number of Topliss-reactive ketones (excluding diaryl/α,β-unsaturated/α-hetero) is 1. The number of unbranched alkanes of at least 4 members (excludes halogenated alkanes) is 1. The van der Waals surface area contributed by atoms with E-state index in [4.69, 9.17) is 9.47 Å². The van der Waals surface area contributed by atoms with Gasteiger partial charge in [-0.1, -0.05) is 31.5 Å². The molecule has 3 aromatic rings. The van der Waals surface area contributed by atoms with Gasteiger partial charge in [0.1, 0.15) is 23.0 Å². The lowest BCUT2D eigenvalue weighted by Gasteiger charge is -2.36. The predicted molar refractivity (Wildman–Crippen MR) is 112 cm³/mol. The molecule has 3 aromatic carbocycles. The van der Waals surface area contributed by atoms with Crippen LogP contribution < -0.4 is 4.74 Å². The van der Waals surface area contributed by atoms with Gasteiger partial charge in [-0.05, 0) is 30.7 Å². The number of ketones is 1. The predicted octanol–water partition coefficient (Wildman–Crippen LogP) is 5.04. The van der Waals surface area contributed by atoms with E-state index in [1.165, 1.54) is 24.3 Å². The van der Waals surface area contributed by atoms with Gasteiger partial charge in [0.2, 0.25) is 0 Å². The van der Waals surface area contributed by atoms with E-state index in [-0.39, 0.29) is 22.8 Å². The zero-order chi connectivity index (χ0) is 21.8. The topological polar surface area (TPSA) is 93.1 Å². The van der Waals surface area contributed by atoms with Crippen LogP contribution in [0.25, 0.3) is 0 Å². The minimum absolute atomic E-state index is 0.00876. The van der Waals surface area contributed by atoms with Crippen LogP contribution in [0.4, 0.5) is 0 Å². The van der Waals surface area contributed by atoms with Gasteiger partial charge in [0.15, 0.2) is 11.4 Å². The number of phenols is 2. The van der Waals surface area contributed by atoms with Gasteiger partial charge < -0.3 is 19.7 Å². The number of carbonyl (C=O) groups excluding carboxylic acids is 2. The fraction of sp³-hybridized carbons (Fsp3) is 0.200. The highest BCUT2D eigenvalue weighted by Crippen LogP contribution is 2.57. The maximum Gasteiger partial charge on any atom is 0.340 e. The van der Waals surface area contributed by atoms with Gasteiger partial charge in [0.25, 0.3) is 0 Å². The van der Waals surface area contributed by atoms with Crippen molar-refractivity contribution in [1.82, 2.24) is 0 Å². The lowest BCUT2D eigenvalue weighted by atomic mass is 9.76. The number of ether oxygens (including phenoxy) is 2. The van der Waals surface area contributed by atoms with Crippen molar-refractivity contribution in [2.24, 2.45) is 0 Å². The highest BCUT2D eigenvalue weighted by molar-refractivity contribution is 6.09. The molecule has 6 heteroatoms. The van der Waals surface area contributed by atoms with Gasteiger partial charge >= 0.3 is 5.97 Å². The van der Waals surface area contributed by atoms with E-state index < -0.39 is 11.6 Å². The first-order chi connectivity index (χ1) is 15.0. The fourth-order valence-corrected chi connectivity index (χ4v) is 4.45. The third kappa shape index (κ3) is 2.71. The molecule has 0 aromatic heterocycles. The van der Waals surface area contributed by atoms with Crippen LogP contribution in [0, 0.1) is 0 Å². The summed E-state index contributed by atoms with van der Waals surface area (Å²) in [5.41, 5.74) is 0.866. The fourth-order valence-electron chi connectivity index (χ4n) is 4.45. The van der Waals surface area contributed by atoms with Gasteiger partial charge in [0, 0.05) is 40.8 Å². The molecule has 0 radical (unpaired) electrons. The van der Waals surface area contributed by atoms with Crippen LogP contribution in [0.3, 0.4) is 0 Å². The summed E-state index contributed by atoms with van der Waals surface area (Å²) in [6, 6.07) is 14.3. The van der Waals surface area contributed by atoms with Crippen molar-refractivity contribution in [2.45, 2.75) is 31.8 Å². The number of rotatable bonds is 4. The molecule has 0 bridgehead atoms. The molecule has 1 spiro atoms. The summed E-state index contributed by atoms with van der Waals surface area (Å²) < 4.78 is 12.0. The molecule has 2 aliphatic rings. The molecule has 0 saturated carbocycles. The molecule has 0 fully saturated rings. The molecule has 0 saturated heterocycles. The zero-order valence-corrected chi connectivity index (χ0v) is 16.8. The maximum atomic E-state index is 13.2. The Labute approximate surface area is 178 Å². The number of aromatic hydroxyl groups is 2. The van der Waals surface area contributed by atoms with Gasteiger partial charge in [-0.25, -0.2) is 4.79 Å². The monoisotopic (exact) mass is 416 g/mol. The van der Waals surface area contributed by atoms with E-state index in [1.807, 2.05) is 6.92 Å². The Morgan fingerprint density at radius 2 is 1.58 bits per heavy atom. The van der Waals surface area contributed by atoms with Crippen molar-refractivity contribution in [3.05, 3.63) is 82.4 Å². The average Bonchev–Trinajstić information content (AvgIpc) is 3.05. The second-order valence-corrected chi connectivity index (χ2v) is 7.79. The van der Waals surface area contributed by atoms with E-state index in [9.17, 15) is 19.8 Å². The van der Waals surface area contributed by atoms with Crippen LogP contribution in [0.1, 0.15) is 63.6 Å². The lowest BCUT2D eigenvalue weighted by molar-refractivity contribution is 0.0223. The van der Waals surface area contributed by atoms with E-state index in [1.54, 1.807) is 30.3 Å². The third-order valence-corrected chi connectivity index (χ3v) is 5.86. The Morgan fingerprint density at radius 3 is 2.19 bits per heavy atom. The first-order valence-corrected chi connectivity index (χ1v) is 10.2. The van der Waals surface area contributed by atoms with E-state index >= 15 is 0 Å². The molecule has 0 aliphatic carbocycles. The van der Waals surface area contributed by atoms with E-state index in [0.717, 1.165) is 12.8 Å². The van der Waals surface area contributed by atoms with Crippen LogP contribution in [-0.4, -0.2) is 22.0 Å². The number of hydrogen-bond acceptors (Lipinski definition) is 6. The number of carbonyl (C=O) groups is 2. The van der Waals surface area contributed by atoms with E-state index in [2.05, 4.69) is 0 Å². The second kappa shape index (κ2) is 6.87. The van der Waals surface area contributed by atoms with E-state index in [0.29, 0.717) is 40.2 Å². The summed E-state index contributed by atoms with van der Waals surface area (Å²) >= 11 is 0. The first kappa shape index (κ1) is 19.2. The molecule has 156 valence electrons. The van der Waals surface area contributed by atoms with Crippen LogP contribution >= 0.6 is 0 Å². The van der Waals surface area contributed by atoms with Crippen LogP contribution in [-0.2, 0) is 10.3 Å². The van der Waals surface area contributed by atoms with Gasteiger partial charge in [-0.15, -0.1) is 0 Å². The zero-order valence-electron chi connectivity index (χ0n) is 16.8. The number of fused-ring (bicyclic) bond motifs is 6. The van der Waals surface area contributed by atoms with Gasteiger partial charge in [-0.3, -0.25) is 4.79 Å². The smallest absolute Gasteiger partial charge is 0.340 e. The Morgan fingerprint density at radius 1 is 0.935 bits per heavy atom. The molecule has 0 amide bonds. The largest absolute Gasteiger partial charge is 0.508 e. The van der Waals surface area contributed by atoms with Crippen LogP contribution in [0.5, 0.6) is 23.0 Å². The van der Waals surface area contributed by atoms with Crippen molar-refractivity contribution in [3.63, 3.8) is 0 Å². The van der Waals surface area contributed by atoms with Crippen molar-refractivity contribution in [1.29, 1.82) is 0 Å². The highest BCUT2D eigenvalue weighted by Gasteiger charge is 2.54. The molecule has 0 atom stereocenters. The summed E-state index contributed by atoms with van der Waals surface area (Å²) in [5.74, 6) is -0.0916. The van der Waals surface area contributed by atoms with Crippen molar-refractivity contribution in [3.8, 4) is 23.0 Å². The number of phenolic OH excluding ortho intramolecular Hbond substituents is 2. The number of hydrogen-bond donors (Lipinski definition) is 2. The second-order valence-electron chi connectivity index (χ2n) is 7.79. The average molecular weight is 416 g/mol. The van der Waals surface area contributed by atoms with Crippen molar-refractivity contribution >= 4 is 11.8 Å². The molecular weight excluding hydrogens is 396 g/mol. The number of esters is 1. The minimum atomic E-state index is -1.35. The molecule has 5 rings (SSSR count). The highest BCUT2D eigenvalue weighted by atomic mass is 16.6. The Kier molecular flexibility index (Phi) is 4.25. The summed E-state index contributed by atoms with van der Waals surface area (Å²) in [7, 11) is 0. The molecular formula is C25H20O6. The quantitative estimate of drug-likeness (QED) is 0.457. The summed E-state index contributed by atoms with van der Waals surface area (Å²) in [5, 5.41) is 20.0. The minimum Gasteiger partial charge on any atom is -0.508 e. The Balaban J connectivity index is 1.80. The van der Waals surface area contributed by atoms with Gasteiger partial charge in [0.05, 0.1) is 5.56 Å². The first-order valence-electron chi connectivity index (χ1n) is 10.2. The lowest BCUT2D eigenvalue weighted by Crippen LogP contribution is -2.32. The molecule has 2 aliphatic heterocycles. The molecule has 6 nitrogen and oxygen atoms in total. The van der Waals surface area contributed by atoms with Crippen LogP contribution in [0.2, 0.25) is 0 Å². The summed E-state index contributed by atoms with van der Waals surface area (Å²) in [4.78, 5) is 26.0. The van der Waals surface area contributed by atoms with Crippen molar-refractivity contribution in [2.75, 3.05) is 0 Å². The third-order valence-electron chi connectivity index (χ3n) is 5.86. The normalized spacial score (nSPS) is 14.9. The standard InChI is InChI=1S/C25H20O6/c1-2-3-7-20(28)16-5-4-6-19-23(16)24(29)31-25(19)17-10-8-14(26)12-21(17)30-22-13-15(27)9-11-18(22)25/h4-6,8-13,26-27H,2-3,7H2,1H3. The summed E-state index contributed by atoms with van der Waals surface area (Å²) in [6.07, 6.45) is 1.96. The number of benzene rings is 3. The molecule has 31 heavy (non-hydrogen) atoms. The van der Waals surface area contributed by atoms with Crippen LogP contribution in [0.15, 0.2) is 54.6 Å². The van der Waals surface area contributed by atoms with Crippen molar-refractivity contribution < 1.29 is 29.3 Å². The van der Waals surface area contributed by atoms with Gasteiger partial charge in [-0.2, -0.15) is 0 Å². The Bertz CT molecular complexity index is 1190. The molecule has 0 unspecified atom stereocenters. The maximum absolute atomic E-state index is 13.2. The SMILES string of the molecule is CCCCC(=O)c1cccc2c1C(=O)OC21c2ccc(O)cc2Oc2cc(O)ccc21. The molecule has 2 N–H and O–H groups in total.